The summed E-state index contributed by atoms with van der Waals surface area (Å²) in [6.45, 7) is 6.56. The van der Waals surface area contributed by atoms with E-state index in [4.69, 9.17) is 9.15 Å². The molecule has 0 aliphatic heterocycles. The van der Waals surface area contributed by atoms with E-state index in [0.717, 1.165) is 16.9 Å². The van der Waals surface area contributed by atoms with Gasteiger partial charge in [0, 0.05) is 11.6 Å². The molecule has 0 aliphatic rings. The van der Waals surface area contributed by atoms with Crippen molar-refractivity contribution < 1.29 is 9.15 Å². The number of rotatable bonds is 5. The Bertz CT molecular complexity index is 1100. The van der Waals surface area contributed by atoms with Gasteiger partial charge in [-0.25, -0.2) is 4.98 Å². The van der Waals surface area contributed by atoms with Gasteiger partial charge in [-0.1, -0.05) is 44.7 Å². The Morgan fingerprint density at radius 3 is 2.54 bits per heavy atom. The number of thioether (sulfide) groups is 1. The number of fused-ring (bicyclic) bond motifs is 1. The zero-order chi connectivity index (χ0) is 19.7. The maximum absolute atomic E-state index is 5.79. The largest absolute Gasteiger partial charge is 0.481 e. The highest BCUT2D eigenvalue weighted by Gasteiger charge is 2.15. The molecule has 3 heterocycles. The minimum absolute atomic E-state index is 0.111. The average Bonchev–Trinajstić information content (AvgIpc) is 3.31. The summed E-state index contributed by atoms with van der Waals surface area (Å²) in [5.74, 6) is 2.41. The van der Waals surface area contributed by atoms with E-state index in [9.17, 15) is 0 Å². The number of benzene rings is 1. The summed E-state index contributed by atoms with van der Waals surface area (Å²) in [5.41, 5.74) is 3.77. The molecular weight excluding hydrogens is 374 g/mol. The summed E-state index contributed by atoms with van der Waals surface area (Å²) in [5, 5.41) is 8.79. The van der Waals surface area contributed by atoms with Crippen molar-refractivity contribution in [3.8, 4) is 17.3 Å². The Morgan fingerprint density at radius 1 is 1.04 bits per heavy atom. The first-order chi connectivity index (χ1) is 13.4. The van der Waals surface area contributed by atoms with Crippen LogP contribution in [0.5, 0.6) is 5.88 Å². The zero-order valence-electron chi connectivity index (χ0n) is 16.2. The molecule has 4 aromatic rings. The Labute approximate surface area is 167 Å². The summed E-state index contributed by atoms with van der Waals surface area (Å²) in [6.07, 6.45) is 0. The van der Waals surface area contributed by atoms with E-state index in [0.29, 0.717) is 28.4 Å². The van der Waals surface area contributed by atoms with Crippen molar-refractivity contribution in [2.45, 2.75) is 37.2 Å². The molecule has 8 heteroatoms. The second-order valence-electron chi connectivity index (χ2n) is 7.40. The lowest BCUT2D eigenvalue weighted by Gasteiger charge is -2.18. The fourth-order valence-corrected chi connectivity index (χ4v) is 3.37. The standard InChI is InChI=1S/C20H21N5O2S/c1-20(2,3)13-7-5-12(6-8-13)18-24-25-19(27-18)28-11-15-21-14-9-10-16(26-4)23-17(14)22-15/h5-10H,11H2,1-4H3,(H,21,22,23). The molecule has 0 radical (unpaired) electrons. The van der Waals surface area contributed by atoms with Crippen molar-refractivity contribution in [3.63, 3.8) is 0 Å². The molecule has 0 saturated carbocycles. The third-order valence-electron chi connectivity index (χ3n) is 4.32. The van der Waals surface area contributed by atoms with Crippen LogP contribution < -0.4 is 4.74 Å². The predicted molar refractivity (Wildman–Crippen MR) is 108 cm³/mol. The number of ether oxygens (including phenoxy) is 1. The highest BCUT2D eigenvalue weighted by Crippen LogP contribution is 2.28. The third-order valence-corrected chi connectivity index (χ3v) is 5.14. The first kappa shape index (κ1) is 18.5. The van der Waals surface area contributed by atoms with Gasteiger partial charge in [-0.15, -0.1) is 10.2 Å². The molecule has 0 bridgehead atoms. The number of imidazole rings is 1. The lowest BCUT2D eigenvalue weighted by Crippen LogP contribution is -2.10. The van der Waals surface area contributed by atoms with Crippen molar-refractivity contribution in [2.75, 3.05) is 7.11 Å². The minimum atomic E-state index is 0.111. The van der Waals surface area contributed by atoms with E-state index in [1.165, 1.54) is 17.3 Å². The van der Waals surface area contributed by atoms with Crippen LogP contribution in [0.25, 0.3) is 22.6 Å². The first-order valence-corrected chi connectivity index (χ1v) is 9.88. The molecule has 0 aliphatic carbocycles. The highest BCUT2D eigenvalue weighted by atomic mass is 32.2. The van der Waals surface area contributed by atoms with Crippen molar-refractivity contribution in [3.05, 3.63) is 47.8 Å². The first-order valence-electron chi connectivity index (χ1n) is 8.89. The molecule has 0 unspecified atom stereocenters. The Balaban J connectivity index is 1.45. The van der Waals surface area contributed by atoms with E-state index in [1.807, 2.05) is 18.2 Å². The van der Waals surface area contributed by atoms with Crippen LogP contribution in [0.4, 0.5) is 0 Å². The number of hydrogen-bond acceptors (Lipinski definition) is 7. The van der Waals surface area contributed by atoms with E-state index in [-0.39, 0.29) is 5.41 Å². The molecule has 7 nitrogen and oxygen atoms in total. The molecule has 0 amide bonds. The maximum atomic E-state index is 5.79. The predicted octanol–water partition coefficient (Wildman–Crippen LogP) is 4.61. The van der Waals surface area contributed by atoms with Crippen molar-refractivity contribution in [1.82, 2.24) is 25.1 Å². The number of methoxy groups -OCH3 is 1. The van der Waals surface area contributed by atoms with Gasteiger partial charge in [0.1, 0.15) is 5.82 Å². The summed E-state index contributed by atoms with van der Waals surface area (Å²) < 4.78 is 10.9. The molecule has 1 N–H and O–H groups in total. The molecule has 0 atom stereocenters. The lowest BCUT2D eigenvalue weighted by atomic mass is 9.87. The van der Waals surface area contributed by atoms with Crippen LogP contribution >= 0.6 is 11.8 Å². The molecule has 3 aromatic heterocycles. The van der Waals surface area contributed by atoms with Gasteiger partial charge in [-0.3, -0.25) is 0 Å². The molecular formula is C20H21N5O2S. The number of H-pyrrole nitrogens is 1. The topological polar surface area (TPSA) is 89.7 Å². The minimum Gasteiger partial charge on any atom is -0.481 e. The van der Waals surface area contributed by atoms with Gasteiger partial charge in [0.15, 0.2) is 5.65 Å². The van der Waals surface area contributed by atoms with Crippen LogP contribution in [0.1, 0.15) is 32.2 Å². The van der Waals surface area contributed by atoms with Gasteiger partial charge < -0.3 is 14.1 Å². The van der Waals surface area contributed by atoms with Gasteiger partial charge in [-0.05, 0) is 29.2 Å². The van der Waals surface area contributed by atoms with E-state index in [2.05, 4.69) is 58.1 Å². The second-order valence-corrected chi connectivity index (χ2v) is 8.32. The van der Waals surface area contributed by atoms with Crippen LogP contribution in [-0.2, 0) is 11.2 Å². The van der Waals surface area contributed by atoms with Crippen LogP contribution in [0.3, 0.4) is 0 Å². The van der Waals surface area contributed by atoms with Crippen molar-refractivity contribution in [1.29, 1.82) is 0 Å². The smallest absolute Gasteiger partial charge is 0.277 e. The van der Waals surface area contributed by atoms with E-state index in [1.54, 1.807) is 13.2 Å². The number of pyridine rings is 1. The van der Waals surface area contributed by atoms with Gasteiger partial charge in [0.2, 0.25) is 11.8 Å². The Morgan fingerprint density at radius 2 is 1.82 bits per heavy atom. The quantitative estimate of drug-likeness (QED) is 0.494. The number of nitrogens with zero attached hydrogens (tertiary/aromatic N) is 4. The fourth-order valence-electron chi connectivity index (χ4n) is 2.73. The SMILES string of the molecule is COc1ccc2[nH]c(CSc3nnc(-c4ccc(C(C)(C)C)cc4)o3)nc2n1. The molecule has 0 saturated heterocycles. The number of nitrogens with one attached hydrogen (secondary N) is 1. The van der Waals surface area contributed by atoms with Gasteiger partial charge in [0.05, 0.1) is 18.4 Å². The molecule has 0 fully saturated rings. The van der Waals surface area contributed by atoms with Gasteiger partial charge in [-0.2, -0.15) is 4.98 Å². The molecule has 1 aromatic carbocycles. The van der Waals surface area contributed by atoms with Crippen LogP contribution in [-0.4, -0.2) is 32.3 Å². The van der Waals surface area contributed by atoms with Crippen molar-refractivity contribution in [2.24, 2.45) is 0 Å². The Kier molecular flexibility index (Phi) is 4.80. The average molecular weight is 395 g/mol. The number of aromatic amines is 1. The summed E-state index contributed by atoms with van der Waals surface area (Å²) in [6, 6.07) is 11.9. The summed E-state index contributed by atoms with van der Waals surface area (Å²) >= 11 is 1.43. The maximum Gasteiger partial charge on any atom is 0.277 e. The highest BCUT2D eigenvalue weighted by molar-refractivity contribution is 7.98. The fraction of sp³-hybridized carbons (Fsp3) is 0.300. The van der Waals surface area contributed by atoms with Crippen LogP contribution in [0.2, 0.25) is 0 Å². The number of hydrogen-bond donors (Lipinski definition) is 1. The van der Waals surface area contributed by atoms with E-state index < -0.39 is 0 Å². The molecule has 0 spiro atoms. The second kappa shape index (κ2) is 7.27. The third kappa shape index (κ3) is 3.87. The molecule has 4 rings (SSSR count). The monoisotopic (exact) mass is 395 g/mol. The molecule has 144 valence electrons. The van der Waals surface area contributed by atoms with Crippen LogP contribution in [0.15, 0.2) is 46.0 Å². The van der Waals surface area contributed by atoms with Crippen molar-refractivity contribution >= 4 is 22.9 Å². The van der Waals surface area contributed by atoms with Crippen LogP contribution in [0, 0.1) is 0 Å². The summed E-state index contributed by atoms with van der Waals surface area (Å²) in [7, 11) is 1.58. The number of aromatic nitrogens is 5. The van der Waals surface area contributed by atoms with Gasteiger partial charge in [0.25, 0.3) is 5.22 Å². The zero-order valence-corrected chi connectivity index (χ0v) is 17.0. The van der Waals surface area contributed by atoms with E-state index >= 15 is 0 Å². The Hall–Kier alpha value is -2.87. The normalized spacial score (nSPS) is 11.9. The lowest BCUT2D eigenvalue weighted by molar-refractivity contribution is 0.399. The molecule has 28 heavy (non-hydrogen) atoms. The summed E-state index contributed by atoms with van der Waals surface area (Å²) in [4.78, 5) is 12.0. The van der Waals surface area contributed by atoms with Gasteiger partial charge >= 0.3 is 0 Å².